The lowest BCUT2D eigenvalue weighted by molar-refractivity contribution is 0.595. The molecule has 3 aromatic heterocycles. The number of aryl methyl sites for hydroxylation is 1. The van der Waals surface area contributed by atoms with Crippen molar-refractivity contribution in [2.75, 3.05) is 0 Å². The standard InChI is InChI=1S/C15H10Cl2N4OS/c1-2-12-18-19-15-21(12)20-14(23-15)11-7-6-10(22-11)8-4-3-5-9(16)13(8)17/h3-7H,2H2,1H3. The number of rotatable bonds is 3. The summed E-state index contributed by atoms with van der Waals surface area (Å²) in [5, 5.41) is 14.4. The van der Waals surface area contributed by atoms with E-state index in [-0.39, 0.29) is 0 Å². The first-order valence-electron chi connectivity index (χ1n) is 6.93. The minimum absolute atomic E-state index is 0.474. The predicted octanol–water partition coefficient (Wildman–Crippen LogP) is 4.98. The third-order valence-corrected chi connectivity index (χ3v) is 5.14. The summed E-state index contributed by atoms with van der Waals surface area (Å²) >= 11 is 13.7. The van der Waals surface area contributed by atoms with Gasteiger partial charge in [-0.05, 0) is 24.3 Å². The highest BCUT2D eigenvalue weighted by molar-refractivity contribution is 7.19. The number of benzene rings is 1. The van der Waals surface area contributed by atoms with Crippen molar-refractivity contribution >= 4 is 39.5 Å². The van der Waals surface area contributed by atoms with E-state index in [1.165, 1.54) is 11.3 Å². The van der Waals surface area contributed by atoms with E-state index in [0.717, 1.165) is 27.8 Å². The summed E-state index contributed by atoms with van der Waals surface area (Å²) in [6.45, 7) is 2.02. The minimum Gasteiger partial charge on any atom is -0.453 e. The molecule has 0 fully saturated rings. The van der Waals surface area contributed by atoms with Crippen molar-refractivity contribution in [1.29, 1.82) is 0 Å². The Bertz CT molecular complexity index is 1000. The van der Waals surface area contributed by atoms with E-state index in [1.54, 1.807) is 10.6 Å². The molecule has 5 nitrogen and oxygen atoms in total. The molecular formula is C15H10Cl2N4OS. The van der Waals surface area contributed by atoms with Crippen LogP contribution in [0.5, 0.6) is 0 Å². The van der Waals surface area contributed by atoms with Gasteiger partial charge in [0.15, 0.2) is 16.6 Å². The van der Waals surface area contributed by atoms with Crippen molar-refractivity contribution < 1.29 is 4.42 Å². The number of hydrogen-bond donors (Lipinski definition) is 0. The highest BCUT2D eigenvalue weighted by Crippen LogP contribution is 2.36. The average Bonchev–Trinajstić information content (AvgIpc) is 3.23. The van der Waals surface area contributed by atoms with Crippen LogP contribution in [0.4, 0.5) is 0 Å². The molecule has 0 saturated carbocycles. The highest BCUT2D eigenvalue weighted by Gasteiger charge is 2.16. The summed E-state index contributed by atoms with van der Waals surface area (Å²) in [6, 6.07) is 9.17. The molecule has 0 atom stereocenters. The zero-order valence-electron chi connectivity index (χ0n) is 12.0. The molecule has 0 radical (unpaired) electrons. The molecule has 0 amide bonds. The third-order valence-electron chi connectivity index (χ3n) is 3.41. The number of halogens is 2. The smallest absolute Gasteiger partial charge is 0.235 e. The second-order valence-corrected chi connectivity index (χ2v) is 6.58. The molecule has 0 aliphatic rings. The van der Waals surface area contributed by atoms with Gasteiger partial charge < -0.3 is 4.42 Å². The summed E-state index contributed by atoms with van der Waals surface area (Å²) in [5.41, 5.74) is 0.752. The Morgan fingerprint density at radius 2 is 1.96 bits per heavy atom. The zero-order chi connectivity index (χ0) is 16.0. The first-order valence-corrected chi connectivity index (χ1v) is 8.50. The van der Waals surface area contributed by atoms with E-state index in [9.17, 15) is 0 Å². The maximum absolute atomic E-state index is 6.24. The van der Waals surface area contributed by atoms with E-state index in [2.05, 4.69) is 15.3 Å². The van der Waals surface area contributed by atoms with Crippen LogP contribution >= 0.6 is 34.5 Å². The van der Waals surface area contributed by atoms with Gasteiger partial charge in [0.05, 0.1) is 10.0 Å². The van der Waals surface area contributed by atoms with Gasteiger partial charge in [0, 0.05) is 12.0 Å². The molecule has 0 N–H and O–H groups in total. The number of aromatic nitrogens is 4. The topological polar surface area (TPSA) is 56.2 Å². The van der Waals surface area contributed by atoms with Crippen LogP contribution in [0.2, 0.25) is 10.0 Å². The maximum atomic E-state index is 6.24. The number of nitrogens with zero attached hydrogens (tertiary/aromatic N) is 4. The molecule has 0 aliphatic heterocycles. The van der Waals surface area contributed by atoms with Crippen LogP contribution in [0.3, 0.4) is 0 Å². The summed E-state index contributed by atoms with van der Waals surface area (Å²) < 4.78 is 7.65. The van der Waals surface area contributed by atoms with Crippen molar-refractivity contribution in [3.8, 4) is 22.1 Å². The summed E-state index contributed by atoms with van der Waals surface area (Å²) in [4.78, 5) is 0.746. The van der Waals surface area contributed by atoms with Gasteiger partial charge in [-0.1, -0.05) is 47.5 Å². The van der Waals surface area contributed by atoms with E-state index in [0.29, 0.717) is 21.6 Å². The van der Waals surface area contributed by atoms with Gasteiger partial charge >= 0.3 is 0 Å². The molecule has 8 heteroatoms. The van der Waals surface area contributed by atoms with Crippen LogP contribution < -0.4 is 0 Å². The van der Waals surface area contributed by atoms with Gasteiger partial charge in [-0.25, -0.2) is 0 Å². The molecule has 1 aromatic carbocycles. The Kier molecular flexibility index (Phi) is 3.60. The zero-order valence-corrected chi connectivity index (χ0v) is 14.3. The Morgan fingerprint density at radius 1 is 1.13 bits per heavy atom. The van der Waals surface area contributed by atoms with Crippen LogP contribution in [0.1, 0.15) is 12.7 Å². The van der Waals surface area contributed by atoms with Crippen molar-refractivity contribution in [3.05, 3.63) is 46.2 Å². The lowest BCUT2D eigenvalue weighted by atomic mass is 10.2. The van der Waals surface area contributed by atoms with Crippen LogP contribution in [-0.4, -0.2) is 19.8 Å². The van der Waals surface area contributed by atoms with E-state index < -0.39 is 0 Å². The lowest BCUT2D eigenvalue weighted by Crippen LogP contribution is -1.92. The van der Waals surface area contributed by atoms with Gasteiger partial charge in [0.25, 0.3) is 0 Å². The monoisotopic (exact) mass is 364 g/mol. The molecule has 0 unspecified atom stereocenters. The summed E-state index contributed by atoms with van der Waals surface area (Å²) in [7, 11) is 0. The van der Waals surface area contributed by atoms with Gasteiger partial charge in [-0.2, -0.15) is 4.52 Å². The minimum atomic E-state index is 0.474. The Hall–Kier alpha value is -1.89. The molecule has 116 valence electrons. The van der Waals surface area contributed by atoms with Crippen LogP contribution in [0.25, 0.3) is 27.1 Å². The number of hydrogen-bond acceptors (Lipinski definition) is 5. The molecular weight excluding hydrogens is 355 g/mol. The molecule has 4 aromatic rings. The summed E-state index contributed by atoms with van der Waals surface area (Å²) in [5.74, 6) is 2.13. The molecule has 0 spiro atoms. The molecule has 23 heavy (non-hydrogen) atoms. The van der Waals surface area contributed by atoms with Crippen molar-refractivity contribution in [3.63, 3.8) is 0 Å². The van der Waals surface area contributed by atoms with Crippen molar-refractivity contribution in [1.82, 2.24) is 19.8 Å². The van der Waals surface area contributed by atoms with E-state index in [4.69, 9.17) is 27.6 Å². The van der Waals surface area contributed by atoms with Crippen LogP contribution in [0.15, 0.2) is 34.7 Å². The lowest BCUT2D eigenvalue weighted by Gasteiger charge is -2.01. The quantitative estimate of drug-likeness (QED) is 0.514. The third kappa shape index (κ3) is 2.43. The summed E-state index contributed by atoms with van der Waals surface area (Å²) in [6.07, 6.45) is 0.770. The Balaban J connectivity index is 1.77. The SMILES string of the molecule is CCc1nnc2sc(-c3ccc(-c4cccc(Cl)c4Cl)o3)nn12. The van der Waals surface area contributed by atoms with Gasteiger partial charge in [-0.3, -0.25) is 0 Å². The maximum Gasteiger partial charge on any atom is 0.235 e. The Labute approximate surface area is 145 Å². The average molecular weight is 365 g/mol. The van der Waals surface area contributed by atoms with E-state index >= 15 is 0 Å². The van der Waals surface area contributed by atoms with Gasteiger partial charge in [0.2, 0.25) is 4.96 Å². The number of furan rings is 1. The molecule has 4 rings (SSSR count). The number of fused-ring (bicyclic) bond motifs is 1. The van der Waals surface area contributed by atoms with Gasteiger partial charge in [0.1, 0.15) is 5.76 Å². The fraction of sp³-hybridized carbons (Fsp3) is 0.133. The van der Waals surface area contributed by atoms with Crippen molar-refractivity contribution in [2.24, 2.45) is 0 Å². The predicted molar refractivity (Wildman–Crippen MR) is 91.2 cm³/mol. The van der Waals surface area contributed by atoms with E-state index in [1.807, 2.05) is 31.2 Å². The molecule has 0 aliphatic carbocycles. The van der Waals surface area contributed by atoms with Gasteiger partial charge in [-0.15, -0.1) is 15.3 Å². The largest absolute Gasteiger partial charge is 0.453 e. The fourth-order valence-corrected chi connectivity index (χ4v) is 3.48. The Morgan fingerprint density at radius 3 is 2.78 bits per heavy atom. The van der Waals surface area contributed by atoms with Crippen LogP contribution in [-0.2, 0) is 6.42 Å². The first kappa shape index (κ1) is 14.7. The molecule has 0 bridgehead atoms. The highest BCUT2D eigenvalue weighted by atomic mass is 35.5. The fourth-order valence-electron chi connectivity index (χ4n) is 2.27. The van der Waals surface area contributed by atoms with Crippen molar-refractivity contribution in [2.45, 2.75) is 13.3 Å². The first-order chi connectivity index (χ1) is 11.2. The normalized spacial score (nSPS) is 11.4. The molecule has 0 saturated heterocycles. The molecule has 3 heterocycles. The van der Waals surface area contributed by atoms with Crippen LogP contribution in [0, 0.1) is 0 Å². The second kappa shape index (κ2) is 5.63. The second-order valence-electron chi connectivity index (χ2n) is 4.84.